The predicted octanol–water partition coefficient (Wildman–Crippen LogP) is 3.24. The van der Waals surface area contributed by atoms with Crippen LogP contribution in [0.5, 0.6) is 0 Å². The summed E-state index contributed by atoms with van der Waals surface area (Å²) in [5.41, 5.74) is 0.984. The zero-order chi connectivity index (χ0) is 13.0. The molecule has 1 saturated heterocycles. The maximum Gasteiger partial charge on any atom is 0.273 e. The van der Waals surface area contributed by atoms with Crippen LogP contribution in [0.25, 0.3) is 0 Å². The van der Waals surface area contributed by atoms with Crippen molar-refractivity contribution in [3.05, 3.63) is 35.4 Å². The van der Waals surface area contributed by atoms with Crippen LogP contribution in [-0.2, 0) is 10.7 Å². The average Bonchev–Trinajstić information content (AvgIpc) is 2.40. The van der Waals surface area contributed by atoms with E-state index in [0.717, 1.165) is 12.1 Å². The molecule has 1 fully saturated rings. The van der Waals surface area contributed by atoms with E-state index >= 15 is 0 Å². The number of hydrogen-bond donors (Lipinski definition) is 1. The van der Waals surface area contributed by atoms with Crippen LogP contribution >= 0.6 is 0 Å². The van der Waals surface area contributed by atoms with Gasteiger partial charge in [0.15, 0.2) is 0 Å². The van der Waals surface area contributed by atoms with Gasteiger partial charge in [-0.3, -0.25) is 0 Å². The lowest BCUT2D eigenvalue weighted by Gasteiger charge is -2.25. The first-order valence-corrected chi connectivity index (χ1v) is 6.43. The average molecular weight is 255 g/mol. The molecule has 0 bridgehead atoms. The Morgan fingerprint density at radius 1 is 1.44 bits per heavy atom. The Bertz CT molecular complexity index is 389. The van der Waals surface area contributed by atoms with Crippen molar-refractivity contribution in [1.29, 1.82) is 0 Å². The van der Waals surface area contributed by atoms with Gasteiger partial charge < -0.3 is 10.1 Å². The molecular weight excluding hydrogens is 236 g/mol. The first-order chi connectivity index (χ1) is 8.63. The largest absolute Gasteiger partial charge is 0.378 e. The van der Waals surface area contributed by atoms with Crippen molar-refractivity contribution in [3.8, 4) is 0 Å². The number of benzene rings is 1. The molecule has 0 aliphatic carbocycles. The highest BCUT2D eigenvalue weighted by Gasteiger charge is 2.30. The fourth-order valence-electron chi connectivity index (χ4n) is 2.22. The van der Waals surface area contributed by atoms with Gasteiger partial charge in [0.2, 0.25) is 0 Å². The van der Waals surface area contributed by atoms with Gasteiger partial charge in [0.25, 0.3) is 5.92 Å². The molecule has 4 heteroatoms. The van der Waals surface area contributed by atoms with Crippen LogP contribution in [0.15, 0.2) is 24.3 Å². The molecule has 1 heterocycles. The van der Waals surface area contributed by atoms with Gasteiger partial charge in [-0.2, -0.15) is 0 Å². The van der Waals surface area contributed by atoms with E-state index in [4.69, 9.17) is 4.74 Å². The third-order valence-electron chi connectivity index (χ3n) is 3.20. The van der Waals surface area contributed by atoms with Crippen LogP contribution in [-0.4, -0.2) is 19.8 Å². The summed E-state index contributed by atoms with van der Waals surface area (Å²) in [5, 5.41) is 3.28. The topological polar surface area (TPSA) is 21.3 Å². The van der Waals surface area contributed by atoms with E-state index in [1.54, 1.807) is 19.1 Å². The zero-order valence-electron chi connectivity index (χ0n) is 10.6. The Hall–Kier alpha value is -1.00. The minimum absolute atomic E-state index is 0.0242. The van der Waals surface area contributed by atoms with Crippen molar-refractivity contribution in [1.82, 2.24) is 5.32 Å². The number of rotatable bonds is 4. The number of ether oxygens (including phenoxy) is 1. The summed E-state index contributed by atoms with van der Waals surface area (Å²) in [7, 11) is 0. The van der Waals surface area contributed by atoms with E-state index in [2.05, 4.69) is 5.32 Å². The Labute approximate surface area is 106 Å². The number of hydrogen-bond acceptors (Lipinski definition) is 2. The molecule has 1 N–H and O–H groups in total. The van der Waals surface area contributed by atoms with E-state index in [0.29, 0.717) is 19.6 Å². The number of halogens is 2. The molecule has 1 atom stereocenters. The van der Waals surface area contributed by atoms with E-state index in [9.17, 15) is 8.78 Å². The van der Waals surface area contributed by atoms with Crippen molar-refractivity contribution in [2.75, 3.05) is 19.8 Å². The molecule has 2 nitrogen and oxygen atoms in total. The third kappa shape index (κ3) is 3.06. The van der Waals surface area contributed by atoms with Gasteiger partial charge in [-0.15, -0.1) is 0 Å². The van der Waals surface area contributed by atoms with Crippen molar-refractivity contribution in [2.45, 2.75) is 31.7 Å². The van der Waals surface area contributed by atoms with Gasteiger partial charge in [-0.05, 0) is 11.6 Å². The maximum absolute atomic E-state index is 13.9. The zero-order valence-corrected chi connectivity index (χ0v) is 10.6. The van der Waals surface area contributed by atoms with Gasteiger partial charge in [-0.1, -0.05) is 31.5 Å². The molecular formula is C14H19F2NO. The van der Waals surface area contributed by atoms with E-state index < -0.39 is 5.92 Å². The van der Waals surface area contributed by atoms with Crippen LogP contribution in [0.4, 0.5) is 8.78 Å². The fourth-order valence-corrected chi connectivity index (χ4v) is 2.22. The summed E-state index contributed by atoms with van der Waals surface area (Å²) in [5.74, 6) is -2.74. The summed E-state index contributed by atoms with van der Waals surface area (Å²) < 4.78 is 33.1. The summed E-state index contributed by atoms with van der Waals surface area (Å²) in [6.45, 7) is 3.76. The molecule has 1 unspecified atom stereocenters. The number of alkyl halides is 2. The van der Waals surface area contributed by atoms with Crippen molar-refractivity contribution in [2.24, 2.45) is 0 Å². The molecule has 1 aromatic carbocycles. The lowest BCUT2D eigenvalue weighted by molar-refractivity contribution is -0.0142. The fraction of sp³-hybridized carbons (Fsp3) is 0.571. The van der Waals surface area contributed by atoms with Gasteiger partial charge in [0.05, 0.1) is 19.3 Å². The highest BCUT2D eigenvalue weighted by molar-refractivity contribution is 5.29. The second kappa shape index (κ2) is 5.76. The molecule has 1 aliphatic rings. The Morgan fingerprint density at radius 2 is 2.28 bits per heavy atom. The van der Waals surface area contributed by atoms with Gasteiger partial charge in [-0.25, -0.2) is 8.78 Å². The second-order valence-electron chi connectivity index (χ2n) is 4.66. The molecule has 1 aromatic rings. The maximum atomic E-state index is 13.9. The SMILES string of the molecule is CCCC(F)(F)c1cccc(C2COCCN2)c1. The molecule has 0 saturated carbocycles. The smallest absolute Gasteiger partial charge is 0.273 e. The molecule has 0 amide bonds. The quantitative estimate of drug-likeness (QED) is 0.891. The lowest BCUT2D eigenvalue weighted by atomic mass is 9.98. The summed E-state index contributed by atoms with van der Waals surface area (Å²) in [4.78, 5) is 0. The van der Waals surface area contributed by atoms with Crippen LogP contribution in [0.2, 0.25) is 0 Å². The summed E-state index contributed by atoms with van der Waals surface area (Å²) in [6.07, 6.45) is 0.368. The van der Waals surface area contributed by atoms with Crippen LogP contribution in [0, 0.1) is 0 Å². The van der Waals surface area contributed by atoms with Gasteiger partial charge in [0, 0.05) is 18.5 Å². The van der Waals surface area contributed by atoms with E-state index in [1.807, 2.05) is 6.07 Å². The highest BCUT2D eigenvalue weighted by atomic mass is 19.3. The lowest BCUT2D eigenvalue weighted by Crippen LogP contribution is -2.34. The number of morpholine rings is 1. The second-order valence-corrected chi connectivity index (χ2v) is 4.66. The third-order valence-corrected chi connectivity index (χ3v) is 3.20. The Morgan fingerprint density at radius 3 is 2.94 bits per heavy atom. The van der Waals surface area contributed by atoms with Crippen LogP contribution in [0.3, 0.4) is 0 Å². The van der Waals surface area contributed by atoms with Gasteiger partial charge in [0.1, 0.15) is 0 Å². The molecule has 18 heavy (non-hydrogen) atoms. The molecule has 1 aliphatic heterocycles. The minimum atomic E-state index is -2.74. The molecule has 0 aromatic heterocycles. The van der Waals surface area contributed by atoms with Crippen molar-refractivity contribution >= 4 is 0 Å². The highest BCUT2D eigenvalue weighted by Crippen LogP contribution is 2.34. The predicted molar refractivity (Wildman–Crippen MR) is 66.8 cm³/mol. The van der Waals surface area contributed by atoms with Crippen LogP contribution < -0.4 is 5.32 Å². The first-order valence-electron chi connectivity index (χ1n) is 6.43. The monoisotopic (exact) mass is 255 g/mol. The summed E-state index contributed by atoms with van der Waals surface area (Å²) in [6, 6.07) is 6.70. The Balaban J connectivity index is 2.18. The summed E-state index contributed by atoms with van der Waals surface area (Å²) >= 11 is 0. The minimum Gasteiger partial charge on any atom is -0.378 e. The normalized spacial score (nSPS) is 20.9. The van der Waals surface area contributed by atoms with E-state index in [-0.39, 0.29) is 18.0 Å². The van der Waals surface area contributed by atoms with Crippen molar-refractivity contribution < 1.29 is 13.5 Å². The molecule has 100 valence electrons. The molecule has 0 spiro atoms. The molecule has 0 radical (unpaired) electrons. The first kappa shape index (κ1) is 13.4. The van der Waals surface area contributed by atoms with Gasteiger partial charge >= 0.3 is 0 Å². The number of nitrogens with one attached hydrogen (secondary N) is 1. The van der Waals surface area contributed by atoms with Crippen molar-refractivity contribution in [3.63, 3.8) is 0 Å². The van der Waals surface area contributed by atoms with E-state index in [1.165, 1.54) is 6.07 Å². The molecule has 2 rings (SSSR count). The van der Waals surface area contributed by atoms with Crippen LogP contribution in [0.1, 0.15) is 36.9 Å². The standard InChI is InChI=1S/C14H19F2NO/c1-2-6-14(15,16)12-5-3-4-11(9-12)13-10-18-8-7-17-13/h3-5,9,13,17H,2,6-8,10H2,1H3. The Kier molecular flexibility index (Phi) is 4.30.